The van der Waals surface area contributed by atoms with Crippen LogP contribution in [-0.2, 0) is 17.6 Å². The SMILES string of the molecule is CCc1ncc(C(=O)N[C@H](Cc2c[nH]c3ccccc23)C(=O)O)s1. The van der Waals surface area contributed by atoms with Gasteiger partial charge in [-0.3, -0.25) is 4.79 Å². The monoisotopic (exact) mass is 343 g/mol. The van der Waals surface area contributed by atoms with Crippen molar-refractivity contribution >= 4 is 34.1 Å². The zero-order valence-electron chi connectivity index (χ0n) is 13.1. The topological polar surface area (TPSA) is 95.1 Å². The average Bonchev–Trinajstić information content (AvgIpc) is 3.21. The average molecular weight is 343 g/mol. The van der Waals surface area contributed by atoms with E-state index in [2.05, 4.69) is 15.3 Å². The van der Waals surface area contributed by atoms with Gasteiger partial charge < -0.3 is 15.4 Å². The lowest BCUT2D eigenvalue weighted by molar-refractivity contribution is -0.139. The largest absolute Gasteiger partial charge is 0.480 e. The molecule has 0 spiro atoms. The maximum Gasteiger partial charge on any atom is 0.326 e. The Morgan fingerprint density at radius 2 is 2.17 bits per heavy atom. The molecule has 24 heavy (non-hydrogen) atoms. The molecule has 0 aliphatic carbocycles. The Kier molecular flexibility index (Phi) is 4.61. The second-order valence-corrected chi connectivity index (χ2v) is 6.51. The third-order valence-electron chi connectivity index (χ3n) is 3.78. The predicted molar refractivity (Wildman–Crippen MR) is 92.4 cm³/mol. The van der Waals surface area contributed by atoms with Crippen molar-refractivity contribution in [2.24, 2.45) is 0 Å². The van der Waals surface area contributed by atoms with Crippen molar-refractivity contribution in [2.45, 2.75) is 25.8 Å². The number of nitrogens with zero attached hydrogens (tertiary/aromatic N) is 1. The lowest BCUT2D eigenvalue weighted by Crippen LogP contribution is -2.42. The zero-order chi connectivity index (χ0) is 17.1. The van der Waals surface area contributed by atoms with Crippen molar-refractivity contribution < 1.29 is 14.7 Å². The molecule has 1 atom stereocenters. The van der Waals surface area contributed by atoms with Gasteiger partial charge in [0.2, 0.25) is 0 Å². The number of carboxylic acid groups (broad SMARTS) is 1. The summed E-state index contributed by atoms with van der Waals surface area (Å²) in [5.74, 6) is -1.46. The van der Waals surface area contributed by atoms with Crippen LogP contribution in [-0.4, -0.2) is 33.0 Å². The van der Waals surface area contributed by atoms with Gasteiger partial charge in [-0.2, -0.15) is 0 Å². The highest BCUT2D eigenvalue weighted by Gasteiger charge is 2.23. The smallest absolute Gasteiger partial charge is 0.326 e. The van der Waals surface area contributed by atoms with E-state index < -0.39 is 17.9 Å². The highest BCUT2D eigenvalue weighted by atomic mass is 32.1. The number of hydrogen-bond donors (Lipinski definition) is 3. The van der Waals surface area contributed by atoms with Gasteiger partial charge in [-0.05, 0) is 18.1 Å². The summed E-state index contributed by atoms with van der Waals surface area (Å²) in [6.07, 6.45) is 4.23. The highest BCUT2D eigenvalue weighted by Crippen LogP contribution is 2.20. The Balaban J connectivity index is 1.77. The van der Waals surface area contributed by atoms with E-state index in [0.29, 0.717) is 4.88 Å². The van der Waals surface area contributed by atoms with Gasteiger partial charge in [0.1, 0.15) is 10.9 Å². The number of nitrogens with one attached hydrogen (secondary N) is 2. The van der Waals surface area contributed by atoms with E-state index in [1.807, 2.05) is 31.2 Å². The van der Waals surface area contributed by atoms with E-state index in [9.17, 15) is 14.7 Å². The summed E-state index contributed by atoms with van der Waals surface area (Å²) in [6, 6.07) is 6.67. The summed E-state index contributed by atoms with van der Waals surface area (Å²) in [5, 5.41) is 13.9. The Bertz CT molecular complexity index is 884. The molecule has 2 heterocycles. The number of aromatic nitrogens is 2. The van der Waals surface area contributed by atoms with Crippen LogP contribution in [0.15, 0.2) is 36.7 Å². The Morgan fingerprint density at radius 3 is 2.88 bits per heavy atom. The maximum atomic E-state index is 12.3. The number of carbonyl (C=O) groups excluding carboxylic acids is 1. The van der Waals surface area contributed by atoms with Gasteiger partial charge in [0.05, 0.1) is 11.2 Å². The number of benzene rings is 1. The first-order chi connectivity index (χ1) is 11.6. The molecule has 0 radical (unpaired) electrons. The third-order valence-corrected chi connectivity index (χ3v) is 4.92. The number of amides is 1. The third kappa shape index (κ3) is 3.30. The van der Waals surface area contributed by atoms with Crippen LogP contribution in [0.4, 0.5) is 0 Å². The van der Waals surface area contributed by atoms with Gasteiger partial charge in [0.25, 0.3) is 5.91 Å². The highest BCUT2D eigenvalue weighted by molar-refractivity contribution is 7.13. The standard InChI is InChI=1S/C17H17N3O3S/c1-2-15-19-9-14(24-15)16(21)20-13(17(22)23)7-10-8-18-12-6-4-3-5-11(10)12/h3-6,8-9,13,18H,2,7H2,1H3,(H,20,21)(H,22,23)/t13-/m1/s1. The summed E-state index contributed by atoms with van der Waals surface area (Å²) in [5.41, 5.74) is 1.80. The number of carbonyl (C=O) groups is 2. The van der Waals surface area contributed by atoms with E-state index in [0.717, 1.165) is 27.9 Å². The quantitative estimate of drug-likeness (QED) is 0.641. The number of aryl methyl sites for hydroxylation is 1. The molecule has 124 valence electrons. The van der Waals surface area contributed by atoms with Crippen LogP contribution in [0.5, 0.6) is 0 Å². The molecule has 6 nitrogen and oxygen atoms in total. The number of thiazole rings is 1. The normalized spacial score (nSPS) is 12.2. The summed E-state index contributed by atoms with van der Waals surface area (Å²) in [4.78, 5) is 31.5. The molecule has 0 fully saturated rings. The van der Waals surface area contributed by atoms with Crippen molar-refractivity contribution in [2.75, 3.05) is 0 Å². The van der Waals surface area contributed by atoms with Gasteiger partial charge in [-0.1, -0.05) is 25.1 Å². The molecule has 0 saturated carbocycles. The summed E-state index contributed by atoms with van der Waals surface area (Å²) in [6.45, 7) is 1.96. The minimum Gasteiger partial charge on any atom is -0.480 e. The molecule has 0 bridgehead atoms. The molecule has 7 heteroatoms. The molecule has 3 rings (SSSR count). The van der Waals surface area contributed by atoms with Crippen LogP contribution < -0.4 is 5.32 Å². The van der Waals surface area contributed by atoms with Crippen LogP contribution in [0, 0.1) is 0 Å². The number of hydrogen-bond acceptors (Lipinski definition) is 4. The number of fused-ring (bicyclic) bond motifs is 1. The van der Waals surface area contributed by atoms with Crippen LogP contribution in [0.3, 0.4) is 0 Å². The molecule has 0 aliphatic rings. The molecule has 3 N–H and O–H groups in total. The molecule has 0 unspecified atom stereocenters. The number of H-pyrrole nitrogens is 1. The van der Waals surface area contributed by atoms with Gasteiger partial charge in [-0.25, -0.2) is 9.78 Å². The van der Waals surface area contributed by atoms with Crippen LogP contribution in [0.1, 0.15) is 27.2 Å². The Labute approximate surface area is 142 Å². The van der Waals surface area contributed by atoms with E-state index >= 15 is 0 Å². The van der Waals surface area contributed by atoms with Gasteiger partial charge in [0, 0.05) is 23.5 Å². The predicted octanol–water partition coefficient (Wildman–Crippen LogP) is 2.61. The second kappa shape index (κ2) is 6.84. The van der Waals surface area contributed by atoms with Crippen molar-refractivity contribution in [1.82, 2.24) is 15.3 Å². The van der Waals surface area contributed by atoms with Crippen LogP contribution >= 0.6 is 11.3 Å². The molecular weight excluding hydrogens is 326 g/mol. The van der Waals surface area contributed by atoms with Crippen molar-refractivity contribution in [3.8, 4) is 0 Å². The minimum atomic E-state index is -1.06. The van der Waals surface area contributed by atoms with E-state index in [4.69, 9.17) is 0 Å². The number of rotatable bonds is 6. The first-order valence-electron chi connectivity index (χ1n) is 7.62. The molecule has 3 aromatic rings. The fourth-order valence-electron chi connectivity index (χ4n) is 2.53. The fourth-order valence-corrected chi connectivity index (χ4v) is 3.29. The van der Waals surface area contributed by atoms with Crippen molar-refractivity contribution in [1.29, 1.82) is 0 Å². The van der Waals surface area contributed by atoms with E-state index in [1.165, 1.54) is 17.5 Å². The number of carboxylic acids is 1. The van der Waals surface area contributed by atoms with E-state index in [1.54, 1.807) is 6.20 Å². The van der Waals surface area contributed by atoms with Gasteiger partial charge >= 0.3 is 5.97 Å². The fraction of sp³-hybridized carbons (Fsp3) is 0.235. The molecule has 2 aromatic heterocycles. The van der Waals surface area contributed by atoms with Crippen molar-refractivity contribution in [3.63, 3.8) is 0 Å². The number of aromatic amines is 1. The molecule has 0 aliphatic heterocycles. The first kappa shape index (κ1) is 16.2. The summed E-state index contributed by atoms with van der Waals surface area (Å²) in [7, 11) is 0. The lowest BCUT2D eigenvalue weighted by Gasteiger charge is -2.13. The molecule has 1 aromatic carbocycles. The van der Waals surface area contributed by atoms with Crippen LogP contribution in [0.25, 0.3) is 10.9 Å². The van der Waals surface area contributed by atoms with Crippen molar-refractivity contribution in [3.05, 3.63) is 52.1 Å². The van der Waals surface area contributed by atoms with Crippen LogP contribution in [0.2, 0.25) is 0 Å². The molecule has 0 saturated heterocycles. The minimum absolute atomic E-state index is 0.213. The van der Waals surface area contributed by atoms with Gasteiger partial charge in [0.15, 0.2) is 0 Å². The number of aliphatic carboxylic acids is 1. The molecule has 1 amide bonds. The Morgan fingerprint density at radius 1 is 1.38 bits per heavy atom. The second-order valence-electron chi connectivity index (χ2n) is 5.40. The molecular formula is C17H17N3O3S. The number of para-hydroxylation sites is 1. The maximum absolute atomic E-state index is 12.3. The zero-order valence-corrected chi connectivity index (χ0v) is 13.9. The summed E-state index contributed by atoms with van der Waals surface area (Å²) >= 11 is 1.28. The lowest BCUT2D eigenvalue weighted by atomic mass is 10.0. The van der Waals surface area contributed by atoms with E-state index in [-0.39, 0.29) is 6.42 Å². The summed E-state index contributed by atoms with van der Waals surface area (Å²) < 4.78 is 0. The van der Waals surface area contributed by atoms with Gasteiger partial charge in [-0.15, -0.1) is 11.3 Å². The first-order valence-corrected chi connectivity index (χ1v) is 8.43. The Hall–Kier alpha value is -2.67.